The SMILES string of the molecule is CCN1CCCC(NC(=O)N2CCOC(C(=O)O)C2)C1. The maximum Gasteiger partial charge on any atom is 0.334 e. The van der Waals surface area contributed by atoms with E-state index in [0.717, 1.165) is 32.5 Å². The van der Waals surface area contributed by atoms with Crippen LogP contribution in [0.15, 0.2) is 0 Å². The lowest BCUT2D eigenvalue weighted by Gasteiger charge is -2.35. The Hall–Kier alpha value is -1.34. The molecule has 0 aromatic rings. The summed E-state index contributed by atoms with van der Waals surface area (Å²) in [5.41, 5.74) is 0. The number of carbonyl (C=O) groups is 2. The summed E-state index contributed by atoms with van der Waals surface area (Å²) >= 11 is 0. The molecule has 2 unspecified atom stereocenters. The average molecular weight is 285 g/mol. The van der Waals surface area contributed by atoms with Gasteiger partial charge in [0.25, 0.3) is 0 Å². The fourth-order valence-corrected chi connectivity index (χ4v) is 2.71. The first-order valence-corrected chi connectivity index (χ1v) is 7.22. The first-order valence-electron chi connectivity index (χ1n) is 7.22. The Morgan fingerprint density at radius 1 is 1.35 bits per heavy atom. The third kappa shape index (κ3) is 3.83. The second-order valence-corrected chi connectivity index (χ2v) is 5.33. The van der Waals surface area contributed by atoms with Gasteiger partial charge in [0.1, 0.15) is 0 Å². The molecule has 2 rings (SSSR count). The van der Waals surface area contributed by atoms with Crippen molar-refractivity contribution in [2.24, 2.45) is 0 Å². The number of rotatable bonds is 3. The predicted molar refractivity (Wildman–Crippen MR) is 72.6 cm³/mol. The topological polar surface area (TPSA) is 82.1 Å². The Morgan fingerprint density at radius 3 is 2.85 bits per heavy atom. The Bertz CT molecular complexity index is 364. The van der Waals surface area contributed by atoms with Gasteiger partial charge in [0, 0.05) is 19.1 Å². The number of urea groups is 1. The van der Waals surface area contributed by atoms with Gasteiger partial charge in [0.05, 0.1) is 13.2 Å². The van der Waals surface area contributed by atoms with E-state index < -0.39 is 12.1 Å². The van der Waals surface area contributed by atoms with Crippen LogP contribution in [-0.4, -0.2) is 78.4 Å². The zero-order valence-corrected chi connectivity index (χ0v) is 11.9. The number of morpholine rings is 1. The van der Waals surface area contributed by atoms with Crippen LogP contribution in [0.25, 0.3) is 0 Å². The molecule has 0 saturated carbocycles. The van der Waals surface area contributed by atoms with Gasteiger partial charge in [-0.25, -0.2) is 9.59 Å². The largest absolute Gasteiger partial charge is 0.479 e. The number of carboxylic acids is 1. The number of nitrogens with zero attached hydrogens (tertiary/aromatic N) is 2. The zero-order chi connectivity index (χ0) is 14.5. The molecule has 0 aliphatic carbocycles. The van der Waals surface area contributed by atoms with Crippen molar-refractivity contribution in [2.45, 2.75) is 31.9 Å². The summed E-state index contributed by atoms with van der Waals surface area (Å²) in [6, 6.07) is -0.0233. The summed E-state index contributed by atoms with van der Waals surface area (Å²) in [7, 11) is 0. The molecule has 0 spiro atoms. The fourth-order valence-electron chi connectivity index (χ4n) is 2.71. The average Bonchev–Trinajstić information content (AvgIpc) is 2.47. The van der Waals surface area contributed by atoms with Crippen LogP contribution in [0.1, 0.15) is 19.8 Å². The van der Waals surface area contributed by atoms with Crippen molar-refractivity contribution >= 4 is 12.0 Å². The second-order valence-electron chi connectivity index (χ2n) is 5.33. The van der Waals surface area contributed by atoms with Gasteiger partial charge in [0.2, 0.25) is 0 Å². The highest BCUT2D eigenvalue weighted by Crippen LogP contribution is 2.11. The molecule has 2 aliphatic heterocycles. The monoisotopic (exact) mass is 285 g/mol. The van der Waals surface area contributed by atoms with E-state index in [9.17, 15) is 9.59 Å². The van der Waals surface area contributed by atoms with Gasteiger partial charge in [0.15, 0.2) is 6.10 Å². The summed E-state index contributed by atoms with van der Waals surface area (Å²) in [6.07, 6.45) is 1.15. The summed E-state index contributed by atoms with van der Waals surface area (Å²) in [4.78, 5) is 26.9. The molecule has 2 fully saturated rings. The lowest BCUT2D eigenvalue weighted by molar-refractivity contribution is -0.154. The number of piperidine rings is 1. The van der Waals surface area contributed by atoms with E-state index in [-0.39, 0.29) is 25.2 Å². The number of carboxylic acid groups (broad SMARTS) is 1. The molecule has 2 heterocycles. The summed E-state index contributed by atoms with van der Waals surface area (Å²) in [5.74, 6) is -1.02. The van der Waals surface area contributed by atoms with Crippen molar-refractivity contribution in [2.75, 3.05) is 39.3 Å². The van der Waals surface area contributed by atoms with Crippen LogP contribution >= 0.6 is 0 Å². The molecule has 7 nitrogen and oxygen atoms in total. The second kappa shape index (κ2) is 6.90. The minimum absolute atomic E-state index is 0.116. The molecule has 7 heteroatoms. The van der Waals surface area contributed by atoms with Gasteiger partial charge < -0.3 is 25.0 Å². The number of hydrogen-bond donors (Lipinski definition) is 2. The van der Waals surface area contributed by atoms with Crippen molar-refractivity contribution in [3.63, 3.8) is 0 Å². The Kier molecular flexibility index (Phi) is 5.19. The smallest absolute Gasteiger partial charge is 0.334 e. The highest BCUT2D eigenvalue weighted by molar-refractivity contribution is 5.77. The first-order chi connectivity index (χ1) is 9.60. The quantitative estimate of drug-likeness (QED) is 0.761. The first kappa shape index (κ1) is 15.1. The molecule has 2 N–H and O–H groups in total. The molecule has 20 heavy (non-hydrogen) atoms. The number of amides is 2. The molecule has 0 radical (unpaired) electrons. The lowest BCUT2D eigenvalue weighted by Crippen LogP contribution is -2.56. The number of carbonyl (C=O) groups excluding carboxylic acids is 1. The molecule has 0 aromatic carbocycles. The Balaban J connectivity index is 1.83. The van der Waals surface area contributed by atoms with E-state index in [1.54, 1.807) is 0 Å². The normalized spacial score (nSPS) is 28.1. The van der Waals surface area contributed by atoms with E-state index in [2.05, 4.69) is 17.1 Å². The number of likely N-dealkylation sites (N-methyl/N-ethyl adjacent to an activating group) is 1. The van der Waals surface area contributed by atoms with E-state index in [0.29, 0.717) is 6.54 Å². The summed E-state index contributed by atoms with van der Waals surface area (Å²) in [5, 5.41) is 11.9. The lowest BCUT2D eigenvalue weighted by atomic mass is 10.1. The molecule has 2 saturated heterocycles. The maximum atomic E-state index is 12.2. The number of ether oxygens (including phenoxy) is 1. The van der Waals surface area contributed by atoms with E-state index in [4.69, 9.17) is 9.84 Å². The molecular weight excluding hydrogens is 262 g/mol. The maximum absolute atomic E-state index is 12.2. The number of nitrogens with one attached hydrogen (secondary N) is 1. The molecule has 0 aromatic heterocycles. The molecule has 0 bridgehead atoms. The fraction of sp³-hybridized carbons (Fsp3) is 0.846. The van der Waals surface area contributed by atoms with Crippen LogP contribution in [0.5, 0.6) is 0 Å². The molecule has 2 aliphatic rings. The van der Waals surface area contributed by atoms with E-state index in [1.807, 2.05) is 0 Å². The van der Waals surface area contributed by atoms with Crippen molar-refractivity contribution in [3.05, 3.63) is 0 Å². The standard InChI is InChI=1S/C13H23N3O4/c1-2-15-5-3-4-10(8-15)14-13(19)16-6-7-20-11(9-16)12(17)18/h10-11H,2-9H2,1H3,(H,14,19)(H,17,18). The Labute approximate surface area is 118 Å². The third-order valence-corrected chi connectivity index (χ3v) is 3.91. The van der Waals surface area contributed by atoms with Crippen molar-refractivity contribution < 1.29 is 19.4 Å². The van der Waals surface area contributed by atoms with Gasteiger partial charge in [-0.3, -0.25) is 0 Å². The van der Waals surface area contributed by atoms with Crippen molar-refractivity contribution in [1.82, 2.24) is 15.1 Å². The van der Waals surface area contributed by atoms with Crippen LogP contribution in [0.2, 0.25) is 0 Å². The van der Waals surface area contributed by atoms with Gasteiger partial charge in [-0.05, 0) is 25.9 Å². The number of aliphatic carboxylic acids is 1. The van der Waals surface area contributed by atoms with Crippen LogP contribution in [0.3, 0.4) is 0 Å². The van der Waals surface area contributed by atoms with Crippen molar-refractivity contribution in [1.29, 1.82) is 0 Å². The van der Waals surface area contributed by atoms with Crippen LogP contribution in [0, 0.1) is 0 Å². The predicted octanol–water partition coefficient (Wildman–Crippen LogP) is -0.0343. The molecule has 114 valence electrons. The van der Waals surface area contributed by atoms with Crippen LogP contribution in [0.4, 0.5) is 4.79 Å². The van der Waals surface area contributed by atoms with E-state index >= 15 is 0 Å². The van der Waals surface area contributed by atoms with Gasteiger partial charge in [-0.15, -0.1) is 0 Å². The molecular formula is C13H23N3O4. The minimum Gasteiger partial charge on any atom is -0.479 e. The van der Waals surface area contributed by atoms with E-state index in [1.165, 1.54) is 4.90 Å². The molecule has 2 atom stereocenters. The minimum atomic E-state index is -1.02. The van der Waals surface area contributed by atoms with Crippen LogP contribution in [-0.2, 0) is 9.53 Å². The van der Waals surface area contributed by atoms with Gasteiger partial charge >= 0.3 is 12.0 Å². The molecule has 2 amide bonds. The van der Waals surface area contributed by atoms with Crippen LogP contribution < -0.4 is 5.32 Å². The van der Waals surface area contributed by atoms with Gasteiger partial charge in [-0.2, -0.15) is 0 Å². The number of likely N-dealkylation sites (tertiary alicyclic amines) is 1. The summed E-state index contributed by atoms with van der Waals surface area (Å²) < 4.78 is 5.11. The third-order valence-electron chi connectivity index (χ3n) is 3.91. The zero-order valence-electron chi connectivity index (χ0n) is 11.9. The van der Waals surface area contributed by atoms with Crippen molar-refractivity contribution in [3.8, 4) is 0 Å². The number of hydrogen-bond acceptors (Lipinski definition) is 4. The highest BCUT2D eigenvalue weighted by Gasteiger charge is 2.30. The van der Waals surface area contributed by atoms with Gasteiger partial charge in [-0.1, -0.05) is 6.92 Å². The summed E-state index contributed by atoms with van der Waals surface area (Å²) in [6.45, 7) is 5.90. The Morgan fingerprint density at radius 2 is 2.15 bits per heavy atom. The highest BCUT2D eigenvalue weighted by atomic mass is 16.5.